The van der Waals surface area contributed by atoms with Gasteiger partial charge in [-0.3, -0.25) is 5.10 Å². The average molecular weight is 513 g/mol. The summed E-state index contributed by atoms with van der Waals surface area (Å²) in [6.45, 7) is 6.47. The summed E-state index contributed by atoms with van der Waals surface area (Å²) in [7, 11) is 0. The van der Waals surface area contributed by atoms with Crippen LogP contribution in [0, 0.1) is 17.6 Å². The first-order valence-electron chi connectivity index (χ1n) is 12.8. The predicted molar refractivity (Wildman–Crippen MR) is 148 cm³/mol. The number of benzene rings is 3. The maximum Gasteiger partial charge on any atom is 0.328 e. The normalized spacial score (nSPS) is 15.1. The quantitative estimate of drug-likeness (QED) is 0.203. The zero-order valence-corrected chi connectivity index (χ0v) is 21.7. The number of aliphatic carboxylic acids is 1. The minimum Gasteiger partial charge on any atom is -0.478 e. The lowest BCUT2D eigenvalue weighted by Gasteiger charge is -2.32. The fourth-order valence-corrected chi connectivity index (χ4v) is 5.04. The molecule has 1 saturated carbocycles. The number of allylic oxidation sites excluding steroid dienone is 1. The molecule has 4 nitrogen and oxygen atoms in total. The van der Waals surface area contributed by atoms with Gasteiger partial charge in [-0.15, -0.1) is 0 Å². The number of carboxylic acid groups (broad SMARTS) is 1. The van der Waals surface area contributed by atoms with Crippen LogP contribution in [0.15, 0.2) is 66.9 Å². The van der Waals surface area contributed by atoms with E-state index in [-0.39, 0.29) is 27.8 Å². The predicted octanol–water partition coefficient (Wildman–Crippen LogP) is 8.00. The van der Waals surface area contributed by atoms with Crippen LogP contribution in [0.3, 0.4) is 0 Å². The van der Waals surface area contributed by atoms with Crippen molar-refractivity contribution in [1.82, 2.24) is 10.2 Å². The molecule has 1 heterocycles. The molecule has 0 radical (unpaired) electrons. The van der Waals surface area contributed by atoms with Crippen molar-refractivity contribution in [2.24, 2.45) is 5.92 Å². The van der Waals surface area contributed by atoms with E-state index in [0.29, 0.717) is 11.1 Å². The third-order valence-corrected chi connectivity index (χ3v) is 7.33. The first-order chi connectivity index (χ1) is 18.1. The lowest BCUT2D eigenvalue weighted by atomic mass is 9.72. The summed E-state index contributed by atoms with van der Waals surface area (Å²) >= 11 is 0. The van der Waals surface area contributed by atoms with Gasteiger partial charge in [0.15, 0.2) is 0 Å². The number of carbonyl (C=O) groups is 1. The smallest absolute Gasteiger partial charge is 0.328 e. The van der Waals surface area contributed by atoms with E-state index < -0.39 is 17.6 Å². The van der Waals surface area contributed by atoms with Crippen LogP contribution in [0.2, 0.25) is 0 Å². The van der Waals surface area contributed by atoms with Crippen molar-refractivity contribution in [2.75, 3.05) is 0 Å². The molecule has 0 bridgehead atoms. The highest BCUT2D eigenvalue weighted by Crippen LogP contribution is 2.46. The molecule has 0 unspecified atom stereocenters. The molecule has 194 valence electrons. The van der Waals surface area contributed by atoms with Gasteiger partial charge in [-0.25, -0.2) is 13.6 Å². The monoisotopic (exact) mass is 512 g/mol. The van der Waals surface area contributed by atoms with Crippen LogP contribution in [-0.2, 0) is 10.2 Å². The Morgan fingerprint density at radius 3 is 2.42 bits per heavy atom. The second-order valence-electron chi connectivity index (χ2n) is 10.9. The van der Waals surface area contributed by atoms with Gasteiger partial charge in [0.2, 0.25) is 0 Å². The van der Waals surface area contributed by atoms with Gasteiger partial charge in [0.05, 0.1) is 11.6 Å². The van der Waals surface area contributed by atoms with Crippen molar-refractivity contribution in [1.29, 1.82) is 0 Å². The maximum atomic E-state index is 16.1. The number of carboxylic acids is 1. The van der Waals surface area contributed by atoms with Gasteiger partial charge in [-0.05, 0) is 69.7 Å². The first kappa shape index (κ1) is 25.6. The molecule has 3 aromatic carbocycles. The highest BCUT2D eigenvalue weighted by atomic mass is 19.1. The molecule has 0 saturated heterocycles. The molecule has 1 aliphatic carbocycles. The van der Waals surface area contributed by atoms with Gasteiger partial charge >= 0.3 is 5.97 Å². The van der Waals surface area contributed by atoms with Crippen molar-refractivity contribution >= 4 is 34.1 Å². The number of rotatable bonds is 6. The molecular weight excluding hydrogens is 482 g/mol. The summed E-state index contributed by atoms with van der Waals surface area (Å²) in [5.41, 5.74) is 5.40. The number of hydrogen-bond donors (Lipinski definition) is 2. The second kappa shape index (κ2) is 10.0. The van der Waals surface area contributed by atoms with E-state index in [2.05, 4.69) is 49.2 Å². The average Bonchev–Trinajstić information content (AvgIpc) is 3.35. The van der Waals surface area contributed by atoms with Gasteiger partial charge in [-0.2, -0.15) is 5.10 Å². The first-order valence-corrected chi connectivity index (χ1v) is 12.8. The number of nitrogens with one attached hydrogen (secondary N) is 1. The van der Waals surface area contributed by atoms with Crippen LogP contribution in [0.1, 0.15) is 67.9 Å². The summed E-state index contributed by atoms with van der Waals surface area (Å²) in [6.07, 6.45) is 6.92. The van der Waals surface area contributed by atoms with Crippen molar-refractivity contribution in [3.05, 3.63) is 106 Å². The molecule has 4 aromatic rings. The van der Waals surface area contributed by atoms with E-state index in [9.17, 15) is 4.79 Å². The highest BCUT2D eigenvalue weighted by Gasteiger charge is 2.30. The fourth-order valence-electron chi connectivity index (χ4n) is 5.04. The maximum absolute atomic E-state index is 16.1. The standard InChI is InChI=1S/C32H30F2N2O2/c1-32(2,3)23-9-5-8-22(16-23)28(20-6-4-7-20)29(21-13-10-19(11-14-21)12-15-27(37)38)24-17-26(33)31-25(30(24)34)18-35-36-31/h5,8-18,20H,4,6-7H2,1-3H3,(H,35,36)(H,37,38)/b15-12+,29-28+. The van der Waals surface area contributed by atoms with E-state index in [1.165, 1.54) is 18.3 Å². The highest BCUT2D eigenvalue weighted by molar-refractivity contribution is 6.02. The summed E-state index contributed by atoms with van der Waals surface area (Å²) in [5, 5.41) is 15.5. The fraction of sp³-hybridized carbons (Fsp3) is 0.250. The minimum atomic E-state index is -1.04. The molecule has 1 aromatic heterocycles. The van der Waals surface area contributed by atoms with Crippen molar-refractivity contribution in [2.45, 2.75) is 45.4 Å². The summed E-state index contributed by atoms with van der Waals surface area (Å²) in [4.78, 5) is 11.0. The third kappa shape index (κ3) is 4.91. The van der Waals surface area contributed by atoms with Crippen LogP contribution in [0.4, 0.5) is 8.78 Å². The number of halogens is 2. The number of nitrogens with zero attached hydrogens (tertiary/aromatic N) is 1. The Hall–Kier alpha value is -4.06. The van der Waals surface area contributed by atoms with Crippen LogP contribution >= 0.6 is 0 Å². The van der Waals surface area contributed by atoms with E-state index >= 15 is 8.78 Å². The number of fused-ring (bicyclic) bond motifs is 1. The van der Waals surface area contributed by atoms with Crippen LogP contribution in [0.25, 0.3) is 28.1 Å². The Kier molecular flexibility index (Phi) is 6.74. The second-order valence-corrected chi connectivity index (χ2v) is 10.9. The Morgan fingerprint density at radius 2 is 1.79 bits per heavy atom. The number of aromatic amines is 1. The lowest BCUT2D eigenvalue weighted by molar-refractivity contribution is -0.131. The zero-order chi connectivity index (χ0) is 27.0. The zero-order valence-electron chi connectivity index (χ0n) is 21.7. The molecule has 0 aliphatic heterocycles. The number of hydrogen-bond acceptors (Lipinski definition) is 2. The summed E-state index contributed by atoms with van der Waals surface area (Å²) in [5.74, 6) is -1.92. The van der Waals surface area contributed by atoms with E-state index in [1.807, 2.05) is 18.2 Å². The molecule has 0 spiro atoms. The van der Waals surface area contributed by atoms with Crippen LogP contribution in [0.5, 0.6) is 0 Å². The SMILES string of the molecule is CC(C)(C)c1cccc(/C(=C(\c2ccc(/C=C/C(=O)O)cc2)c2cc(F)c3[nH]ncc3c2F)C2CCC2)c1. The van der Waals surface area contributed by atoms with Crippen LogP contribution < -0.4 is 0 Å². The van der Waals surface area contributed by atoms with Crippen molar-refractivity contribution < 1.29 is 18.7 Å². The molecule has 1 fully saturated rings. The van der Waals surface area contributed by atoms with Gasteiger partial charge in [-0.1, -0.05) is 75.7 Å². The van der Waals surface area contributed by atoms with E-state index in [0.717, 1.165) is 47.6 Å². The third-order valence-electron chi connectivity index (χ3n) is 7.33. The van der Waals surface area contributed by atoms with Gasteiger partial charge in [0, 0.05) is 11.6 Å². The summed E-state index contributed by atoms with van der Waals surface area (Å²) < 4.78 is 31.3. The summed E-state index contributed by atoms with van der Waals surface area (Å²) in [6, 6.07) is 16.9. The largest absolute Gasteiger partial charge is 0.478 e. The minimum absolute atomic E-state index is 0.0414. The van der Waals surface area contributed by atoms with Gasteiger partial charge in [0.1, 0.15) is 17.2 Å². The lowest BCUT2D eigenvalue weighted by Crippen LogP contribution is -2.17. The molecule has 38 heavy (non-hydrogen) atoms. The molecule has 2 N–H and O–H groups in total. The Morgan fingerprint density at radius 1 is 1.05 bits per heavy atom. The topological polar surface area (TPSA) is 66.0 Å². The number of aromatic nitrogens is 2. The number of H-pyrrole nitrogens is 1. The van der Waals surface area contributed by atoms with Crippen molar-refractivity contribution in [3.63, 3.8) is 0 Å². The molecule has 5 rings (SSSR count). The molecule has 0 amide bonds. The van der Waals surface area contributed by atoms with Gasteiger partial charge < -0.3 is 5.11 Å². The molecule has 1 aliphatic rings. The van der Waals surface area contributed by atoms with E-state index in [4.69, 9.17) is 5.11 Å². The van der Waals surface area contributed by atoms with Gasteiger partial charge in [0.25, 0.3) is 0 Å². The molecule has 0 atom stereocenters. The van der Waals surface area contributed by atoms with Crippen molar-refractivity contribution in [3.8, 4) is 0 Å². The van der Waals surface area contributed by atoms with E-state index in [1.54, 1.807) is 12.1 Å². The Balaban J connectivity index is 1.81. The van der Waals surface area contributed by atoms with Crippen LogP contribution in [-0.4, -0.2) is 21.3 Å². The Labute approximate surface area is 220 Å². The Bertz CT molecular complexity index is 1570. The molecular formula is C32H30F2N2O2. The molecule has 6 heteroatoms.